The molecule has 2 N–H and O–H groups in total. The molecule has 2 aromatic heterocycles. The maximum atomic E-state index is 4.49. The molecule has 1 fully saturated rings. The van der Waals surface area contributed by atoms with Crippen LogP contribution in [0, 0.1) is 6.92 Å². The van der Waals surface area contributed by atoms with Crippen LogP contribution in [0.25, 0.3) is 0 Å². The third kappa shape index (κ3) is 3.32. The molecule has 0 saturated carbocycles. The molecule has 0 aliphatic carbocycles. The third-order valence-corrected chi connectivity index (χ3v) is 4.38. The van der Waals surface area contributed by atoms with E-state index in [2.05, 4.69) is 32.5 Å². The summed E-state index contributed by atoms with van der Waals surface area (Å²) in [6.45, 7) is 4.00. The normalized spacial score (nSPS) is 18.4. The summed E-state index contributed by atoms with van der Waals surface area (Å²) in [4.78, 5) is 14.5. The van der Waals surface area contributed by atoms with Crippen molar-refractivity contribution >= 4 is 17.2 Å². The van der Waals surface area contributed by atoms with Crippen molar-refractivity contribution < 1.29 is 0 Å². The van der Waals surface area contributed by atoms with Crippen molar-refractivity contribution in [2.45, 2.75) is 32.2 Å². The summed E-state index contributed by atoms with van der Waals surface area (Å²) in [5, 5.41) is 7.88. The minimum absolute atomic E-state index is 0.384. The van der Waals surface area contributed by atoms with E-state index >= 15 is 0 Å². The Balaban J connectivity index is 1.50. The molecule has 1 aliphatic rings. The highest BCUT2D eigenvalue weighted by molar-refractivity contribution is 7.11. The van der Waals surface area contributed by atoms with E-state index in [-0.39, 0.29) is 0 Å². The lowest BCUT2D eigenvalue weighted by atomic mass is 10.2. The summed E-state index contributed by atoms with van der Waals surface area (Å²) >= 11 is 1.75. The molecule has 1 saturated heterocycles. The summed E-state index contributed by atoms with van der Waals surface area (Å²) < 4.78 is 0. The maximum Gasteiger partial charge on any atom is 0.144 e. The number of hydrogen-bond donors (Lipinski definition) is 2. The fourth-order valence-corrected chi connectivity index (χ4v) is 3.15. The molecule has 0 unspecified atom stereocenters. The summed E-state index contributed by atoms with van der Waals surface area (Å²) in [5.41, 5.74) is 1.04. The quantitative estimate of drug-likeness (QED) is 0.884. The van der Waals surface area contributed by atoms with Gasteiger partial charge in [-0.2, -0.15) is 0 Å². The van der Waals surface area contributed by atoms with Gasteiger partial charge in [0.2, 0.25) is 0 Å². The van der Waals surface area contributed by atoms with Crippen LogP contribution in [0.1, 0.15) is 34.5 Å². The lowest BCUT2D eigenvalue weighted by Crippen LogP contribution is -2.15. The van der Waals surface area contributed by atoms with Gasteiger partial charge < -0.3 is 10.6 Å². The predicted octanol–water partition coefficient (Wildman–Crippen LogP) is 2.32. The Morgan fingerprint density at radius 1 is 1.30 bits per heavy atom. The minimum Gasteiger partial charge on any atom is -0.368 e. The Morgan fingerprint density at radius 2 is 2.25 bits per heavy atom. The molecule has 6 heteroatoms. The summed E-state index contributed by atoms with van der Waals surface area (Å²) in [5.74, 6) is 0.833. The van der Waals surface area contributed by atoms with Gasteiger partial charge in [0.05, 0.1) is 29.1 Å². The molecule has 1 atom stereocenters. The molecule has 2 aromatic rings. The largest absolute Gasteiger partial charge is 0.368 e. The summed E-state index contributed by atoms with van der Waals surface area (Å²) in [7, 11) is 0. The Morgan fingerprint density at radius 3 is 2.90 bits per heavy atom. The highest BCUT2D eigenvalue weighted by Crippen LogP contribution is 2.20. The number of hydrogen-bond acceptors (Lipinski definition) is 6. The SMILES string of the molecule is Cc1cnc(CCNc2cnc([C@@H]3CCCN3)cn2)s1. The van der Waals surface area contributed by atoms with Gasteiger partial charge in [-0.25, -0.2) is 9.97 Å². The number of aryl methyl sites for hydroxylation is 1. The second-order valence-electron chi connectivity index (χ2n) is 5.02. The van der Waals surface area contributed by atoms with Crippen LogP contribution >= 0.6 is 11.3 Å². The van der Waals surface area contributed by atoms with Crippen molar-refractivity contribution in [1.29, 1.82) is 0 Å². The van der Waals surface area contributed by atoms with Crippen LogP contribution in [0.5, 0.6) is 0 Å². The van der Waals surface area contributed by atoms with E-state index in [0.717, 1.165) is 42.5 Å². The third-order valence-electron chi connectivity index (χ3n) is 3.40. The van der Waals surface area contributed by atoms with Gasteiger partial charge in [0.25, 0.3) is 0 Å². The summed E-state index contributed by atoms with van der Waals surface area (Å²) in [6, 6.07) is 0.384. The van der Waals surface area contributed by atoms with Crippen molar-refractivity contribution in [1.82, 2.24) is 20.3 Å². The molecule has 106 valence electrons. The molecule has 1 aliphatic heterocycles. The first kappa shape index (κ1) is 13.5. The highest BCUT2D eigenvalue weighted by Gasteiger charge is 2.17. The molecule has 3 heterocycles. The number of nitrogens with zero attached hydrogens (tertiary/aromatic N) is 3. The minimum atomic E-state index is 0.384. The molecule has 0 bridgehead atoms. The molecule has 0 spiro atoms. The van der Waals surface area contributed by atoms with Gasteiger partial charge in [0, 0.05) is 24.0 Å². The fourth-order valence-electron chi connectivity index (χ4n) is 2.36. The van der Waals surface area contributed by atoms with E-state index in [0.29, 0.717) is 6.04 Å². The van der Waals surface area contributed by atoms with E-state index in [4.69, 9.17) is 0 Å². The zero-order valence-electron chi connectivity index (χ0n) is 11.6. The van der Waals surface area contributed by atoms with Gasteiger partial charge in [-0.1, -0.05) is 0 Å². The Kier molecular flexibility index (Phi) is 4.22. The molecule has 3 rings (SSSR count). The smallest absolute Gasteiger partial charge is 0.144 e. The van der Waals surface area contributed by atoms with Crippen LogP contribution in [-0.2, 0) is 6.42 Å². The van der Waals surface area contributed by atoms with Crippen molar-refractivity contribution in [2.75, 3.05) is 18.4 Å². The zero-order chi connectivity index (χ0) is 13.8. The van der Waals surface area contributed by atoms with Crippen LogP contribution in [-0.4, -0.2) is 28.0 Å². The van der Waals surface area contributed by atoms with Crippen LogP contribution in [0.15, 0.2) is 18.6 Å². The molecule has 20 heavy (non-hydrogen) atoms. The van der Waals surface area contributed by atoms with E-state index in [9.17, 15) is 0 Å². The highest BCUT2D eigenvalue weighted by atomic mass is 32.1. The Bertz CT molecular complexity index is 545. The van der Waals surface area contributed by atoms with E-state index in [1.165, 1.54) is 11.3 Å². The number of nitrogens with one attached hydrogen (secondary N) is 2. The number of rotatable bonds is 5. The topological polar surface area (TPSA) is 62.7 Å². The Hall–Kier alpha value is -1.53. The van der Waals surface area contributed by atoms with Gasteiger partial charge in [-0.05, 0) is 26.3 Å². The first-order valence-electron chi connectivity index (χ1n) is 7.02. The van der Waals surface area contributed by atoms with Crippen LogP contribution in [0.4, 0.5) is 5.82 Å². The van der Waals surface area contributed by atoms with Crippen molar-refractivity contribution in [3.05, 3.63) is 34.2 Å². The van der Waals surface area contributed by atoms with Crippen molar-refractivity contribution in [3.8, 4) is 0 Å². The molecular formula is C14H19N5S. The van der Waals surface area contributed by atoms with Crippen LogP contribution in [0.3, 0.4) is 0 Å². The van der Waals surface area contributed by atoms with E-state index < -0.39 is 0 Å². The van der Waals surface area contributed by atoms with Gasteiger partial charge in [-0.15, -0.1) is 11.3 Å². The lowest BCUT2D eigenvalue weighted by Gasteiger charge is -2.10. The second kappa shape index (κ2) is 6.28. The van der Waals surface area contributed by atoms with Crippen LogP contribution in [0.2, 0.25) is 0 Å². The average molecular weight is 289 g/mol. The predicted molar refractivity (Wildman–Crippen MR) is 81.1 cm³/mol. The maximum absolute atomic E-state index is 4.49. The number of anilines is 1. The van der Waals surface area contributed by atoms with E-state index in [1.54, 1.807) is 11.3 Å². The number of thiazole rings is 1. The number of aromatic nitrogens is 3. The van der Waals surface area contributed by atoms with Gasteiger partial charge in [0.15, 0.2) is 0 Å². The standard InChI is InChI=1S/C14H19N5S/c1-10-7-19-14(20-10)4-6-16-13-9-17-12(8-18-13)11-3-2-5-15-11/h7-9,11,15H,2-6H2,1H3,(H,16,18)/t11-/m0/s1. The molecule has 0 amide bonds. The first-order chi connectivity index (χ1) is 9.81. The first-order valence-corrected chi connectivity index (χ1v) is 7.83. The molecular weight excluding hydrogens is 270 g/mol. The van der Waals surface area contributed by atoms with Gasteiger partial charge in [0.1, 0.15) is 5.82 Å². The van der Waals surface area contributed by atoms with Crippen molar-refractivity contribution in [3.63, 3.8) is 0 Å². The zero-order valence-corrected chi connectivity index (χ0v) is 12.4. The molecule has 0 aromatic carbocycles. The fraction of sp³-hybridized carbons (Fsp3) is 0.500. The monoisotopic (exact) mass is 289 g/mol. The van der Waals surface area contributed by atoms with E-state index in [1.807, 2.05) is 18.6 Å². The van der Waals surface area contributed by atoms with Gasteiger partial charge >= 0.3 is 0 Å². The molecule has 0 radical (unpaired) electrons. The lowest BCUT2D eigenvalue weighted by molar-refractivity contribution is 0.624. The van der Waals surface area contributed by atoms with Crippen molar-refractivity contribution in [2.24, 2.45) is 0 Å². The van der Waals surface area contributed by atoms with Crippen LogP contribution < -0.4 is 10.6 Å². The van der Waals surface area contributed by atoms with Gasteiger partial charge in [-0.3, -0.25) is 4.98 Å². The Labute approximate surface area is 122 Å². The summed E-state index contributed by atoms with van der Waals surface area (Å²) in [6.07, 6.45) is 8.92. The molecule has 5 nitrogen and oxygen atoms in total. The second-order valence-corrected chi connectivity index (χ2v) is 6.34. The average Bonchev–Trinajstić information content (AvgIpc) is 3.11.